The van der Waals surface area contributed by atoms with E-state index >= 15 is 0 Å². The predicted molar refractivity (Wildman–Crippen MR) is 92.1 cm³/mol. The number of hydrogen-bond acceptors (Lipinski definition) is 5. The van der Waals surface area contributed by atoms with Gasteiger partial charge in [-0.1, -0.05) is 19.3 Å². The number of hydrogen-bond donors (Lipinski definition) is 2. The largest absolute Gasteiger partial charge is 0.508 e. The Kier molecular flexibility index (Phi) is 5.58. The lowest BCUT2D eigenvalue weighted by Crippen LogP contribution is -2.33. The average Bonchev–Trinajstić information content (AvgIpc) is 3.01. The van der Waals surface area contributed by atoms with Crippen molar-refractivity contribution in [1.82, 2.24) is 5.32 Å². The first-order chi connectivity index (χ1) is 12.1. The lowest BCUT2D eigenvalue weighted by Gasteiger charge is -2.21. The van der Waals surface area contributed by atoms with Crippen molar-refractivity contribution in [3.8, 4) is 5.75 Å². The highest BCUT2D eigenvalue weighted by molar-refractivity contribution is 5.87. The first-order valence-corrected chi connectivity index (χ1v) is 8.73. The van der Waals surface area contributed by atoms with Gasteiger partial charge in [0.2, 0.25) is 0 Å². The molecule has 3 rings (SSSR count). The Morgan fingerprint density at radius 3 is 2.84 bits per heavy atom. The summed E-state index contributed by atoms with van der Waals surface area (Å²) in [6, 6.07) is 4.71. The van der Waals surface area contributed by atoms with Crippen LogP contribution in [-0.4, -0.2) is 30.1 Å². The number of fused-ring (bicyclic) bond motifs is 1. The van der Waals surface area contributed by atoms with Gasteiger partial charge in [0.1, 0.15) is 11.3 Å². The van der Waals surface area contributed by atoms with Crippen LogP contribution in [-0.2, 0) is 20.7 Å². The van der Waals surface area contributed by atoms with E-state index in [0.717, 1.165) is 18.2 Å². The van der Waals surface area contributed by atoms with Gasteiger partial charge in [-0.15, -0.1) is 0 Å². The van der Waals surface area contributed by atoms with Crippen molar-refractivity contribution in [2.45, 2.75) is 38.5 Å². The van der Waals surface area contributed by atoms with Crippen LogP contribution in [0.15, 0.2) is 28.9 Å². The number of nitrogens with one attached hydrogen (secondary N) is 1. The van der Waals surface area contributed by atoms with Gasteiger partial charge in [0.25, 0.3) is 5.91 Å². The van der Waals surface area contributed by atoms with Crippen molar-refractivity contribution >= 4 is 22.8 Å². The number of phenols is 1. The van der Waals surface area contributed by atoms with Crippen LogP contribution >= 0.6 is 0 Å². The highest BCUT2D eigenvalue weighted by atomic mass is 16.5. The first-order valence-electron chi connectivity index (χ1n) is 8.73. The number of esters is 1. The maximum atomic E-state index is 11.9. The Labute approximate surface area is 146 Å². The molecule has 25 heavy (non-hydrogen) atoms. The van der Waals surface area contributed by atoms with Crippen LogP contribution in [0.25, 0.3) is 11.0 Å². The van der Waals surface area contributed by atoms with Crippen molar-refractivity contribution in [1.29, 1.82) is 0 Å². The van der Waals surface area contributed by atoms with Crippen LogP contribution in [0.3, 0.4) is 0 Å². The molecule has 1 amide bonds. The van der Waals surface area contributed by atoms with E-state index in [2.05, 4.69) is 5.32 Å². The number of carbonyl (C=O) groups excluding carboxylic acids is 2. The number of phenolic OH excluding ortho intramolecular Hbond substituents is 1. The molecule has 1 heterocycles. The van der Waals surface area contributed by atoms with Crippen LogP contribution in [0, 0.1) is 5.92 Å². The molecule has 2 aromatic rings. The normalized spacial score (nSPS) is 15.2. The first kappa shape index (κ1) is 17.3. The van der Waals surface area contributed by atoms with Gasteiger partial charge in [-0.2, -0.15) is 0 Å². The van der Waals surface area contributed by atoms with Crippen LogP contribution in [0.1, 0.15) is 37.7 Å². The average molecular weight is 345 g/mol. The third kappa shape index (κ3) is 4.75. The molecule has 1 aliphatic carbocycles. The molecule has 1 saturated carbocycles. The number of carbonyl (C=O) groups is 2. The Balaban J connectivity index is 1.43. The lowest BCUT2D eigenvalue weighted by molar-refractivity contribution is -0.147. The predicted octanol–water partition coefficient (Wildman–Crippen LogP) is 2.92. The summed E-state index contributed by atoms with van der Waals surface area (Å²) >= 11 is 0. The van der Waals surface area contributed by atoms with Gasteiger partial charge in [-0.05, 0) is 30.9 Å². The zero-order chi connectivity index (χ0) is 17.6. The summed E-state index contributed by atoms with van der Waals surface area (Å²) in [6.07, 6.45) is 7.54. The molecular weight excluding hydrogens is 322 g/mol. The maximum Gasteiger partial charge on any atom is 0.310 e. The summed E-state index contributed by atoms with van der Waals surface area (Å²) in [4.78, 5) is 23.7. The second-order valence-corrected chi connectivity index (χ2v) is 6.59. The molecule has 6 heteroatoms. The molecule has 1 aromatic heterocycles. The summed E-state index contributed by atoms with van der Waals surface area (Å²) < 4.78 is 10.4. The van der Waals surface area contributed by atoms with Gasteiger partial charge in [0.15, 0.2) is 6.61 Å². The van der Waals surface area contributed by atoms with E-state index in [1.54, 1.807) is 6.07 Å². The fourth-order valence-corrected chi connectivity index (χ4v) is 3.26. The number of amides is 1. The molecule has 0 saturated heterocycles. The monoisotopic (exact) mass is 345 g/mol. The standard InChI is InChI=1S/C19H23NO5/c21-15-6-7-16-14(11-24-17(16)9-15)8-19(23)25-12-18(22)20-10-13-4-2-1-3-5-13/h6-7,9,11,13,21H,1-5,8,10,12H2,(H,20,22). The summed E-state index contributed by atoms with van der Waals surface area (Å²) in [5.41, 5.74) is 1.18. The number of furan rings is 1. The van der Waals surface area contributed by atoms with Crippen LogP contribution in [0.2, 0.25) is 0 Å². The molecule has 0 bridgehead atoms. The van der Waals surface area contributed by atoms with Crippen LogP contribution in [0.5, 0.6) is 5.75 Å². The molecule has 0 spiro atoms. The van der Waals surface area contributed by atoms with Crippen molar-refractivity contribution < 1.29 is 23.8 Å². The molecule has 1 aromatic carbocycles. The van der Waals surface area contributed by atoms with E-state index in [0.29, 0.717) is 23.6 Å². The van der Waals surface area contributed by atoms with E-state index in [1.165, 1.54) is 37.7 Å². The third-order valence-corrected chi connectivity index (χ3v) is 4.65. The minimum absolute atomic E-state index is 0.0215. The third-order valence-electron chi connectivity index (χ3n) is 4.65. The number of benzene rings is 1. The molecular formula is C19H23NO5. The Hall–Kier alpha value is -2.50. The number of aromatic hydroxyl groups is 1. The van der Waals surface area contributed by atoms with E-state index < -0.39 is 5.97 Å². The Morgan fingerprint density at radius 2 is 2.04 bits per heavy atom. The number of ether oxygens (including phenoxy) is 1. The molecule has 1 aliphatic rings. The lowest BCUT2D eigenvalue weighted by atomic mass is 9.89. The smallest absolute Gasteiger partial charge is 0.310 e. The minimum atomic E-state index is -0.483. The van der Waals surface area contributed by atoms with Gasteiger partial charge < -0.3 is 19.6 Å². The molecule has 0 atom stereocenters. The molecule has 0 radical (unpaired) electrons. The van der Waals surface area contributed by atoms with Crippen LogP contribution < -0.4 is 5.32 Å². The van der Waals surface area contributed by atoms with Gasteiger partial charge in [-0.25, -0.2) is 0 Å². The van der Waals surface area contributed by atoms with Gasteiger partial charge in [0, 0.05) is 23.6 Å². The highest BCUT2D eigenvalue weighted by Gasteiger charge is 2.16. The maximum absolute atomic E-state index is 11.9. The molecule has 2 N–H and O–H groups in total. The summed E-state index contributed by atoms with van der Waals surface area (Å²) in [5.74, 6) is -0.0998. The SMILES string of the molecule is O=C(COC(=O)Cc1coc2cc(O)ccc12)NCC1CCCCC1. The van der Waals surface area contributed by atoms with Crippen molar-refractivity contribution in [2.24, 2.45) is 5.92 Å². The van der Waals surface area contributed by atoms with E-state index in [1.807, 2.05) is 0 Å². The molecule has 1 fully saturated rings. The van der Waals surface area contributed by atoms with Gasteiger partial charge >= 0.3 is 5.97 Å². The van der Waals surface area contributed by atoms with Gasteiger partial charge in [0.05, 0.1) is 12.7 Å². The van der Waals surface area contributed by atoms with Crippen molar-refractivity contribution in [3.63, 3.8) is 0 Å². The van der Waals surface area contributed by atoms with Crippen LogP contribution in [0.4, 0.5) is 0 Å². The fourth-order valence-electron chi connectivity index (χ4n) is 3.26. The van der Waals surface area contributed by atoms with E-state index in [9.17, 15) is 14.7 Å². The Morgan fingerprint density at radius 1 is 1.24 bits per heavy atom. The highest BCUT2D eigenvalue weighted by Crippen LogP contribution is 2.25. The van der Waals surface area contributed by atoms with Gasteiger partial charge in [-0.3, -0.25) is 9.59 Å². The number of rotatable bonds is 6. The van der Waals surface area contributed by atoms with Crippen molar-refractivity contribution in [2.75, 3.05) is 13.2 Å². The quantitative estimate of drug-likeness (QED) is 0.786. The summed E-state index contributed by atoms with van der Waals surface area (Å²) in [5, 5.41) is 13.0. The molecule has 134 valence electrons. The fraction of sp³-hybridized carbons (Fsp3) is 0.474. The molecule has 0 aliphatic heterocycles. The minimum Gasteiger partial charge on any atom is -0.508 e. The molecule has 6 nitrogen and oxygen atoms in total. The van der Waals surface area contributed by atoms with Crippen molar-refractivity contribution in [3.05, 3.63) is 30.0 Å². The topological polar surface area (TPSA) is 88.8 Å². The second-order valence-electron chi connectivity index (χ2n) is 6.59. The van der Waals surface area contributed by atoms with E-state index in [-0.39, 0.29) is 24.7 Å². The summed E-state index contributed by atoms with van der Waals surface area (Å²) in [6.45, 7) is 0.397. The summed E-state index contributed by atoms with van der Waals surface area (Å²) in [7, 11) is 0. The molecule has 0 unspecified atom stereocenters. The van der Waals surface area contributed by atoms with E-state index in [4.69, 9.17) is 9.15 Å². The zero-order valence-electron chi connectivity index (χ0n) is 14.1. The zero-order valence-corrected chi connectivity index (χ0v) is 14.1. The second kappa shape index (κ2) is 8.05. The Bertz CT molecular complexity index is 745.